The predicted molar refractivity (Wildman–Crippen MR) is 78.9 cm³/mol. The lowest BCUT2D eigenvalue weighted by Gasteiger charge is -2.47. The molecule has 18 heavy (non-hydrogen) atoms. The lowest BCUT2D eigenvalue weighted by atomic mass is 9.85. The molecule has 2 heterocycles. The molecule has 0 aliphatic carbocycles. The van der Waals surface area contributed by atoms with Gasteiger partial charge in [-0.1, -0.05) is 13.0 Å². The molecule has 0 atom stereocenters. The van der Waals surface area contributed by atoms with E-state index in [9.17, 15) is 0 Å². The normalized spacial score (nSPS) is 20.4. The summed E-state index contributed by atoms with van der Waals surface area (Å²) in [5.41, 5.74) is 6.35. The molecule has 1 aliphatic heterocycles. The molecule has 1 saturated heterocycles. The summed E-state index contributed by atoms with van der Waals surface area (Å²) in [6.45, 7) is 7.49. The van der Waals surface area contributed by atoms with E-state index in [1.54, 1.807) is 0 Å². The molecule has 0 aromatic carbocycles. The van der Waals surface area contributed by atoms with E-state index in [-0.39, 0.29) is 5.54 Å². The van der Waals surface area contributed by atoms with Gasteiger partial charge in [-0.05, 0) is 51.0 Å². The number of nitrogens with zero attached hydrogens (tertiary/aromatic N) is 2. The minimum atomic E-state index is 0.214. The van der Waals surface area contributed by atoms with E-state index < -0.39 is 0 Å². The smallest absolute Gasteiger partial charge is 0.0359 e. The monoisotopic (exact) mass is 267 g/mol. The molecule has 3 nitrogen and oxygen atoms in total. The van der Waals surface area contributed by atoms with E-state index >= 15 is 0 Å². The van der Waals surface area contributed by atoms with Crippen molar-refractivity contribution in [1.82, 2.24) is 9.80 Å². The predicted octanol–water partition coefficient (Wildman–Crippen LogP) is 1.99. The van der Waals surface area contributed by atoms with Crippen molar-refractivity contribution in [3.63, 3.8) is 0 Å². The Bertz CT molecular complexity index is 342. The largest absolute Gasteiger partial charge is 0.329 e. The summed E-state index contributed by atoms with van der Waals surface area (Å²) < 4.78 is 0. The molecule has 4 heteroatoms. The van der Waals surface area contributed by atoms with E-state index in [0.717, 1.165) is 32.7 Å². The fourth-order valence-corrected chi connectivity index (χ4v) is 3.61. The SMILES string of the molecule is CCN(Cc1cccs1)C1(CN)CCN(C)CC1. The minimum absolute atomic E-state index is 0.214. The van der Waals surface area contributed by atoms with Gasteiger partial charge in [0.1, 0.15) is 0 Å². The highest BCUT2D eigenvalue weighted by Gasteiger charge is 2.37. The number of thiophene rings is 1. The Morgan fingerprint density at radius 1 is 1.44 bits per heavy atom. The fraction of sp³-hybridized carbons (Fsp3) is 0.714. The fourth-order valence-electron chi connectivity index (χ4n) is 2.89. The third kappa shape index (κ3) is 2.94. The van der Waals surface area contributed by atoms with Crippen molar-refractivity contribution < 1.29 is 0 Å². The summed E-state index contributed by atoms with van der Waals surface area (Å²) in [4.78, 5) is 6.45. The van der Waals surface area contributed by atoms with Gasteiger partial charge >= 0.3 is 0 Å². The Morgan fingerprint density at radius 3 is 2.67 bits per heavy atom. The summed E-state index contributed by atoms with van der Waals surface area (Å²) in [6, 6.07) is 4.37. The average Bonchev–Trinajstić information content (AvgIpc) is 2.90. The molecule has 0 saturated carbocycles. The number of hydrogen-bond acceptors (Lipinski definition) is 4. The second-order valence-electron chi connectivity index (χ2n) is 5.33. The third-order valence-electron chi connectivity index (χ3n) is 4.28. The Labute approximate surface area is 115 Å². The van der Waals surface area contributed by atoms with Gasteiger partial charge in [0.05, 0.1) is 0 Å². The Balaban J connectivity index is 2.08. The van der Waals surface area contributed by atoms with Crippen molar-refractivity contribution in [2.24, 2.45) is 5.73 Å². The molecule has 0 spiro atoms. The van der Waals surface area contributed by atoms with Gasteiger partial charge in [0.25, 0.3) is 0 Å². The molecule has 1 aromatic rings. The molecule has 0 unspecified atom stereocenters. The average molecular weight is 267 g/mol. The number of likely N-dealkylation sites (tertiary alicyclic amines) is 1. The van der Waals surface area contributed by atoms with E-state index in [0.29, 0.717) is 0 Å². The number of rotatable bonds is 5. The van der Waals surface area contributed by atoms with Crippen molar-refractivity contribution in [2.75, 3.05) is 33.2 Å². The molecule has 1 aromatic heterocycles. The molecule has 0 amide bonds. The molecule has 2 N–H and O–H groups in total. The topological polar surface area (TPSA) is 32.5 Å². The highest BCUT2D eigenvalue weighted by Crippen LogP contribution is 2.29. The van der Waals surface area contributed by atoms with Crippen LogP contribution in [-0.2, 0) is 6.54 Å². The Morgan fingerprint density at radius 2 is 2.17 bits per heavy atom. The highest BCUT2D eigenvalue weighted by molar-refractivity contribution is 7.09. The lowest BCUT2D eigenvalue weighted by Crippen LogP contribution is -2.58. The van der Waals surface area contributed by atoms with Gasteiger partial charge in [-0.2, -0.15) is 0 Å². The lowest BCUT2D eigenvalue weighted by molar-refractivity contribution is 0.0322. The van der Waals surface area contributed by atoms with Crippen LogP contribution >= 0.6 is 11.3 Å². The minimum Gasteiger partial charge on any atom is -0.329 e. The summed E-state index contributed by atoms with van der Waals surface area (Å²) in [5.74, 6) is 0. The van der Waals surface area contributed by atoms with Crippen LogP contribution in [0.25, 0.3) is 0 Å². The zero-order valence-electron chi connectivity index (χ0n) is 11.6. The number of hydrogen-bond donors (Lipinski definition) is 1. The van der Waals surface area contributed by atoms with E-state index in [4.69, 9.17) is 5.73 Å². The highest BCUT2D eigenvalue weighted by atomic mass is 32.1. The summed E-state index contributed by atoms with van der Waals surface area (Å²) in [5, 5.41) is 2.16. The van der Waals surface area contributed by atoms with E-state index in [1.165, 1.54) is 17.7 Å². The second kappa shape index (κ2) is 6.15. The number of piperidine rings is 1. The maximum Gasteiger partial charge on any atom is 0.0359 e. The quantitative estimate of drug-likeness (QED) is 0.885. The van der Waals surface area contributed by atoms with Crippen molar-refractivity contribution in [1.29, 1.82) is 0 Å². The zero-order valence-corrected chi connectivity index (χ0v) is 12.4. The van der Waals surface area contributed by atoms with Gasteiger partial charge in [0.15, 0.2) is 0 Å². The Hall–Kier alpha value is -0.420. The van der Waals surface area contributed by atoms with Crippen LogP contribution < -0.4 is 5.73 Å². The van der Waals surface area contributed by atoms with Crippen LogP contribution in [0.4, 0.5) is 0 Å². The first-order valence-electron chi connectivity index (χ1n) is 6.86. The first-order chi connectivity index (χ1) is 8.70. The van der Waals surface area contributed by atoms with Gasteiger partial charge in [-0.15, -0.1) is 11.3 Å². The van der Waals surface area contributed by atoms with Gasteiger partial charge in [0.2, 0.25) is 0 Å². The zero-order chi connectivity index (χ0) is 13.0. The molecular weight excluding hydrogens is 242 g/mol. The maximum absolute atomic E-state index is 6.13. The summed E-state index contributed by atoms with van der Waals surface area (Å²) in [7, 11) is 2.20. The van der Waals surface area contributed by atoms with Crippen LogP contribution in [0.15, 0.2) is 17.5 Å². The van der Waals surface area contributed by atoms with Crippen LogP contribution in [0.3, 0.4) is 0 Å². The first kappa shape index (κ1) is 14.0. The molecular formula is C14H25N3S. The van der Waals surface area contributed by atoms with E-state index in [1.807, 2.05) is 11.3 Å². The molecule has 0 radical (unpaired) electrons. The van der Waals surface area contributed by atoms with Crippen LogP contribution in [-0.4, -0.2) is 48.6 Å². The van der Waals surface area contributed by atoms with Crippen molar-refractivity contribution in [3.8, 4) is 0 Å². The van der Waals surface area contributed by atoms with Crippen LogP contribution in [0.1, 0.15) is 24.6 Å². The van der Waals surface area contributed by atoms with Crippen molar-refractivity contribution in [3.05, 3.63) is 22.4 Å². The summed E-state index contributed by atoms with van der Waals surface area (Å²) in [6.07, 6.45) is 2.39. The molecule has 0 bridgehead atoms. The Kier molecular flexibility index (Phi) is 4.78. The standard InChI is InChI=1S/C14H25N3S/c1-3-17(11-13-5-4-10-18-13)14(12-15)6-8-16(2)9-7-14/h4-5,10H,3,6-9,11-12,15H2,1-2H3. The first-order valence-corrected chi connectivity index (χ1v) is 7.74. The third-order valence-corrected chi connectivity index (χ3v) is 5.14. The van der Waals surface area contributed by atoms with Gasteiger partial charge in [0, 0.05) is 23.5 Å². The van der Waals surface area contributed by atoms with Crippen LogP contribution in [0.2, 0.25) is 0 Å². The second-order valence-corrected chi connectivity index (χ2v) is 6.36. The van der Waals surface area contributed by atoms with Gasteiger partial charge < -0.3 is 10.6 Å². The molecule has 102 valence electrons. The van der Waals surface area contributed by atoms with Crippen LogP contribution in [0, 0.1) is 0 Å². The van der Waals surface area contributed by atoms with Crippen molar-refractivity contribution >= 4 is 11.3 Å². The summed E-state index contributed by atoms with van der Waals surface area (Å²) >= 11 is 1.85. The van der Waals surface area contributed by atoms with Crippen LogP contribution in [0.5, 0.6) is 0 Å². The van der Waals surface area contributed by atoms with E-state index in [2.05, 4.69) is 41.3 Å². The number of likely N-dealkylation sites (N-methyl/N-ethyl adjacent to an activating group) is 1. The van der Waals surface area contributed by atoms with Gasteiger partial charge in [-0.25, -0.2) is 0 Å². The molecule has 1 fully saturated rings. The molecule has 1 aliphatic rings. The van der Waals surface area contributed by atoms with Crippen molar-refractivity contribution in [2.45, 2.75) is 31.8 Å². The van der Waals surface area contributed by atoms with Gasteiger partial charge in [-0.3, -0.25) is 4.90 Å². The molecule has 2 rings (SSSR count). The maximum atomic E-state index is 6.13. The number of nitrogens with two attached hydrogens (primary N) is 1.